The van der Waals surface area contributed by atoms with Crippen molar-refractivity contribution >= 4 is 38.1 Å². The van der Waals surface area contributed by atoms with Crippen LogP contribution in [0.4, 0.5) is 0 Å². The highest BCUT2D eigenvalue weighted by Crippen LogP contribution is 2.15. The van der Waals surface area contributed by atoms with Gasteiger partial charge in [0, 0.05) is 0 Å². The molecule has 1 atom stereocenters. The third-order valence-corrected chi connectivity index (χ3v) is 2.08. The Morgan fingerprint density at radius 2 is 2.14 bits per heavy atom. The first-order valence-electron chi connectivity index (χ1n) is 3.74. The predicted octanol–water partition coefficient (Wildman–Crippen LogP) is 1.15. The van der Waals surface area contributed by atoms with Gasteiger partial charge in [-0.05, 0) is 6.08 Å². The maximum absolute atomic E-state index is 10.9. The minimum atomic E-state index is -0.504. The second-order valence-electron chi connectivity index (χ2n) is 2.54. The molecule has 0 aromatic carbocycles. The first kappa shape index (κ1) is 9.37. The lowest BCUT2D eigenvalue weighted by Gasteiger charge is -1.88. The normalized spacial score (nSPS) is 11.6. The lowest BCUT2D eigenvalue weighted by molar-refractivity contribution is 1.10. The van der Waals surface area contributed by atoms with Gasteiger partial charge in [-0.1, -0.05) is 17.4 Å². The average Bonchev–Trinajstić information content (AvgIpc) is 2.48. The van der Waals surface area contributed by atoms with Crippen molar-refractivity contribution in [3.63, 3.8) is 0 Å². The molecule has 0 aliphatic carbocycles. The minimum absolute atomic E-state index is 0.218. The van der Waals surface area contributed by atoms with Crippen molar-refractivity contribution in [1.29, 1.82) is 0 Å². The number of halogens is 1. The number of aromatic nitrogens is 4. The molecule has 2 aromatic heterocycles. The van der Waals surface area contributed by atoms with Crippen LogP contribution in [0.5, 0.6) is 0 Å². The van der Waals surface area contributed by atoms with Crippen molar-refractivity contribution in [2.75, 3.05) is 0 Å². The lowest BCUT2D eigenvalue weighted by Crippen LogP contribution is -2.09. The zero-order valence-corrected chi connectivity index (χ0v) is 8.82. The molecule has 7 heteroatoms. The van der Waals surface area contributed by atoms with E-state index in [0.717, 1.165) is 0 Å². The van der Waals surface area contributed by atoms with Crippen LogP contribution in [0.15, 0.2) is 10.6 Å². The zero-order valence-electron chi connectivity index (χ0n) is 6.91. The van der Waals surface area contributed by atoms with Crippen molar-refractivity contribution in [1.82, 2.24) is 19.9 Å². The van der Waals surface area contributed by atoms with Crippen LogP contribution in [0.2, 0.25) is 5.15 Å². The molecule has 2 heterocycles. The predicted molar refractivity (Wildman–Crippen MR) is 58.3 cm³/mol. The van der Waals surface area contributed by atoms with E-state index in [1.807, 2.05) is 0 Å². The minimum Gasteiger partial charge on any atom is -0.335 e. The topological polar surface area (TPSA) is 74.4 Å². The maximum Gasteiger partial charge on any atom is 0.348 e. The van der Waals surface area contributed by atoms with Crippen LogP contribution in [-0.2, 0) is 0 Å². The molecule has 2 rings (SSSR count). The Morgan fingerprint density at radius 3 is 2.86 bits per heavy atom. The van der Waals surface area contributed by atoms with E-state index in [-0.39, 0.29) is 5.15 Å². The fourth-order valence-electron chi connectivity index (χ4n) is 1.07. The van der Waals surface area contributed by atoms with Crippen LogP contribution in [0.25, 0.3) is 17.2 Å². The molecule has 5 nitrogen and oxygen atoms in total. The van der Waals surface area contributed by atoms with Crippen LogP contribution in [-0.4, -0.2) is 19.9 Å². The summed E-state index contributed by atoms with van der Waals surface area (Å²) >= 11 is 5.78. The summed E-state index contributed by atoms with van der Waals surface area (Å²) in [5, 5.41) is 0.218. The molecule has 0 aliphatic heterocycles. The van der Waals surface area contributed by atoms with E-state index in [1.165, 1.54) is 0 Å². The highest BCUT2D eigenvalue weighted by molar-refractivity contribution is 7.21. The van der Waals surface area contributed by atoms with E-state index in [9.17, 15) is 4.79 Å². The van der Waals surface area contributed by atoms with Crippen LogP contribution in [0, 0.1) is 0 Å². The van der Waals surface area contributed by atoms with Crippen LogP contribution in [0.1, 0.15) is 5.82 Å². The number of hydrogen-bond donors (Lipinski definition) is 2. The van der Waals surface area contributed by atoms with Gasteiger partial charge in [-0.2, -0.15) is 4.98 Å². The van der Waals surface area contributed by atoms with Gasteiger partial charge in [0.1, 0.15) is 16.5 Å². The van der Waals surface area contributed by atoms with Gasteiger partial charge in [-0.3, -0.25) is 4.98 Å². The number of imidazole rings is 1. The second kappa shape index (κ2) is 3.52. The number of aromatic amines is 2. The van der Waals surface area contributed by atoms with Gasteiger partial charge < -0.3 is 4.98 Å². The molecule has 0 spiro atoms. The zero-order chi connectivity index (χ0) is 10.1. The van der Waals surface area contributed by atoms with Crippen LogP contribution in [0.3, 0.4) is 0 Å². The SMILES string of the molecule is O=c1nc2nc(/C=C/P)[nH]c2c(Cl)[nH]1. The first-order chi connectivity index (χ1) is 6.70. The molecule has 14 heavy (non-hydrogen) atoms. The van der Waals surface area contributed by atoms with Gasteiger partial charge in [-0.15, -0.1) is 9.24 Å². The van der Waals surface area contributed by atoms with Crippen molar-refractivity contribution in [3.8, 4) is 0 Å². The number of nitrogens with zero attached hydrogens (tertiary/aromatic N) is 2. The summed E-state index contributed by atoms with van der Waals surface area (Å²) in [7, 11) is 2.42. The number of H-pyrrole nitrogens is 2. The molecule has 0 saturated heterocycles. The molecular weight excluding hydrogens is 223 g/mol. The van der Waals surface area contributed by atoms with Crippen molar-refractivity contribution in [3.05, 3.63) is 27.3 Å². The number of nitrogens with one attached hydrogen (secondary N) is 2. The van der Waals surface area contributed by atoms with E-state index in [0.29, 0.717) is 17.0 Å². The third-order valence-electron chi connectivity index (χ3n) is 1.60. The molecule has 0 saturated carbocycles. The van der Waals surface area contributed by atoms with Crippen LogP contribution < -0.4 is 5.69 Å². The summed E-state index contributed by atoms with van der Waals surface area (Å²) in [5.74, 6) is 2.34. The van der Waals surface area contributed by atoms with Crippen LogP contribution >= 0.6 is 20.8 Å². The van der Waals surface area contributed by atoms with Crippen molar-refractivity contribution in [2.24, 2.45) is 0 Å². The summed E-state index contributed by atoms with van der Waals surface area (Å²) in [6.45, 7) is 0. The standard InChI is InChI=1S/C7H6ClN4OP/c8-5-4-6(12-7(13)11-5)10-3(9-4)1-2-14/h1-2H,14H2,(H2,9,10,11,12,13)/b2-1+. The molecule has 2 aromatic rings. The Balaban J connectivity index is 2.76. The number of fused-ring (bicyclic) bond motifs is 1. The fourth-order valence-corrected chi connectivity index (χ4v) is 1.46. The monoisotopic (exact) mass is 228 g/mol. The van der Waals surface area contributed by atoms with E-state index in [1.54, 1.807) is 11.9 Å². The van der Waals surface area contributed by atoms with Gasteiger partial charge >= 0.3 is 5.69 Å². The molecule has 0 bridgehead atoms. The number of hydrogen-bond acceptors (Lipinski definition) is 3. The largest absolute Gasteiger partial charge is 0.348 e. The molecule has 0 fully saturated rings. The third kappa shape index (κ3) is 1.56. The van der Waals surface area contributed by atoms with E-state index < -0.39 is 5.69 Å². The molecule has 0 aliphatic rings. The number of rotatable bonds is 1. The van der Waals surface area contributed by atoms with Gasteiger partial charge in [-0.25, -0.2) is 9.78 Å². The molecule has 1 unspecified atom stereocenters. The van der Waals surface area contributed by atoms with Crippen molar-refractivity contribution in [2.45, 2.75) is 0 Å². The Hall–Kier alpha value is -1.19. The Bertz CT molecular complexity index is 558. The van der Waals surface area contributed by atoms with Gasteiger partial charge in [0.15, 0.2) is 5.65 Å². The summed E-state index contributed by atoms with van der Waals surface area (Å²) in [5.41, 5.74) is 0.344. The summed E-state index contributed by atoms with van der Waals surface area (Å²) in [4.78, 5) is 23.9. The Kier molecular flexibility index (Phi) is 2.35. The second-order valence-corrected chi connectivity index (χ2v) is 3.30. The van der Waals surface area contributed by atoms with E-state index in [2.05, 4.69) is 29.2 Å². The summed E-state index contributed by atoms with van der Waals surface area (Å²) in [6, 6.07) is 0. The Labute approximate surface area is 85.8 Å². The maximum atomic E-state index is 10.9. The Morgan fingerprint density at radius 1 is 1.36 bits per heavy atom. The van der Waals surface area contributed by atoms with Gasteiger partial charge in [0.2, 0.25) is 0 Å². The molecule has 2 N–H and O–H groups in total. The summed E-state index contributed by atoms with van der Waals surface area (Å²) in [6.07, 6.45) is 1.73. The lowest BCUT2D eigenvalue weighted by atomic mass is 10.6. The molecule has 72 valence electrons. The highest BCUT2D eigenvalue weighted by atomic mass is 35.5. The average molecular weight is 229 g/mol. The molecule has 0 amide bonds. The van der Waals surface area contributed by atoms with Gasteiger partial charge in [0.05, 0.1) is 0 Å². The first-order valence-corrected chi connectivity index (χ1v) is 4.79. The van der Waals surface area contributed by atoms with E-state index in [4.69, 9.17) is 11.6 Å². The van der Waals surface area contributed by atoms with Crippen molar-refractivity contribution < 1.29 is 0 Å². The fraction of sp³-hybridized carbons (Fsp3) is 0. The summed E-state index contributed by atoms with van der Waals surface area (Å²) < 4.78 is 0. The smallest absolute Gasteiger partial charge is 0.335 e. The quantitative estimate of drug-likeness (QED) is 0.568. The highest BCUT2D eigenvalue weighted by Gasteiger charge is 2.06. The molecule has 0 radical (unpaired) electrons. The molecular formula is C7H6ClN4OP. The van der Waals surface area contributed by atoms with Gasteiger partial charge in [0.25, 0.3) is 0 Å². The van der Waals surface area contributed by atoms with E-state index >= 15 is 0 Å².